The second-order valence-electron chi connectivity index (χ2n) is 9.24. The predicted molar refractivity (Wildman–Crippen MR) is 148 cm³/mol. The number of fused-ring (bicyclic) bond motifs is 1. The molecule has 1 saturated heterocycles. The number of ether oxygens (including phenoxy) is 2. The van der Waals surface area contributed by atoms with Crippen LogP contribution in [0.1, 0.15) is 43.9 Å². The average Bonchev–Trinajstić information content (AvgIpc) is 3.56. The first-order valence-corrected chi connectivity index (χ1v) is 13.5. The molecule has 11 heteroatoms. The Balaban J connectivity index is 1.75. The van der Waals surface area contributed by atoms with Gasteiger partial charge in [-0.05, 0) is 44.9 Å². The number of nitrogens with zero attached hydrogens (tertiary/aromatic N) is 4. The Morgan fingerprint density at radius 3 is 2.67 bits per heavy atom. The number of hydrogen-bond acceptors (Lipinski definition) is 9. The van der Waals surface area contributed by atoms with Gasteiger partial charge in [-0.15, -0.1) is 0 Å². The number of allylic oxidation sites excluding steroid dienone is 1. The lowest BCUT2D eigenvalue weighted by Gasteiger charge is -2.25. The van der Waals surface area contributed by atoms with E-state index in [2.05, 4.69) is 9.89 Å². The van der Waals surface area contributed by atoms with Gasteiger partial charge in [0.25, 0.3) is 11.2 Å². The molecule has 0 saturated carbocycles. The van der Waals surface area contributed by atoms with Crippen LogP contribution < -0.4 is 24.5 Å². The lowest BCUT2D eigenvalue weighted by Crippen LogP contribution is -2.40. The molecule has 0 amide bonds. The van der Waals surface area contributed by atoms with E-state index in [1.54, 1.807) is 32.1 Å². The molecule has 1 unspecified atom stereocenters. The monoisotopic (exact) mass is 548 g/mol. The molecule has 2 aliphatic heterocycles. The molecule has 39 heavy (non-hydrogen) atoms. The van der Waals surface area contributed by atoms with Gasteiger partial charge in [-0.1, -0.05) is 29.5 Å². The highest BCUT2D eigenvalue weighted by Gasteiger charge is 2.35. The first-order chi connectivity index (χ1) is 18.8. The van der Waals surface area contributed by atoms with Crippen molar-refractivity contribution in [3.63, 3.8) is 0 Å². The summed E-state index contributed by atoms with van der Waals surface area (Å²) in [6.07, 6.45) is 3.76. The van der Waals surface area contributed by atoms with Gasteiger partial charge in [0.05, 0.1) is 34.4 Å². The van der Waals surface area contributed by atoms with Crippen molar-refractivity contribution in [1.29, 1.82) is 0 Å². The zero-order chi connectivity index (χ0) is 27.7. The molecule has 0 bridgehead atoms. The highest BCUT2D eigenvalue weighted by atomic mass is 32.1. The zero-order valence-electron chi connectivity index (χ0n) is 21.9. The van der Waals surface area contributed by atoms with Crippen LogP contribution in [-0.4, -0.2) is 42.3 Å². The first-order valence-electron chi connectivity index (χ1n) is 12.7. The predicted octanol–water partition coefficient (Wildman–Crippen LogP) is 3.32. The molecule has 3 aromatic rings. The van der Waals surface area contributed by atoms with Crippen LogP contribution in [0.5, 0.6) is 5.75 Å². The number of nitro benzene ring substituents is 1. The summed E-state index contributed by atoms with van der Waals surface area (Å²) in [5.74, 6) is -0.0393. The number of benzene rings is 2. The third-order valence-corrected chi connectivity index (χ3v) is 7.89. The lowest BCUT2D eigenvalue weighted by atomic mass is 9.95. The van der Waals surface area contributed by atoms with E-state index < -0.39 is 16.9 Å². The first kappa shape index (κ1) is 26.4. The number of carbonyl (C=O) groups is 1. The van der Waals surface area contributed by atoms with Gasteiger partial charge in [-0.2, -0.15) is 0 Å². The van der Waals surface area contributed by atoms with Gasteiger partial charge in [0.15, 0.2) is 4.80 Å². The Morgan fingerprint density at radius 1 is 1.23 bits per heavy atom. The highest BCUT2D eigenvalue weighted by molar-refractivity contribution is 7.07. The number of rotatable bonds is 7. The van der Waals surface area contributed by atoms with E-state index in [0.29, 0.717) is 31.9 Å². The van der Waals surface area contributed by atoms with E-state index in [1.165, 1.54) is 35.1 Å². The molecule has 202 valence electrons. The number of esters is 1. The van der Waals surface area contributed by atoms with Crippen LogP contribution in [0, 0.1) is 10.1 Å². The van der Waals surface area contributed by atoms with Gasteiger partial charge in [-0.25, -0.2) is 9.79 Å². The molecule has 10 nitrogen and oxygen atoms in total. The minimum atomic E-state index is -0.818. The average molecular weight is 549 g/mol. The van der Waals surface area contributed by atoms with Crippen LogP contribution in [0.2, 0.25) is 0 Å². The second-order valence-corrected chi connectivity index (χ2v) is 10.2. The zero-order valence-corrected chi connectivity index (χ0v) is 22.7. The number of thiazole rings is 1. The molecular formula is C28H28N4O6S. The molecular weight excluding hydrogens is 520 g/mol. The summed E-state index contributed by atoms with van der Waals surface area (Å²) >= 11 is 1.18. The number of nitro groups is 1. The van der Waals surface area contributed by atoms with Crippen molar-refractivity contribution in [3.05, 3.63) is 94.7 Å². The normalized spacial score (nSPS) is 17.2. The molecule has 1 aromatic heterocycles. The summed E-state index contributed by atoms with van der Waals surface area (Å²) in [6.45, 7) is 5.30. The van der Waals surface area contributed by atoms with Crippen LogP contribution in [0.25, 0.3) is 6.08 Å². The van der Waals surface area contributed by atoms with E-state index in [0.717, 1.165) is 31.6 Å². The molecule has 1 atom stereocenters. The van der Waals surface area contributed by atoms with Crippen molar-refractivity contribution in [2.45, 2.75) is 32.7 Å². The fraction of sp³-hybridized carbons (Fsp3) is 0.321. The summed E-state index contributed by atoms with van der Waals surface area (Å²) in [6, 6.07) is 11.1. The van der Waals surface area contributed by atoms with Crippen LogP contribution in [0.4, 0.5) is 11.4 Å². The van der Waals surface area contributed by atoms with Crippen LogP contribution in [0.15, 0.2) is 63.5 Å². The minimum Gasteiger partial charge on any atom is -0.496 e. The number of hydrogen-bond donors (Lipinski definition) is 0. The number of para-hydroxylation sites is 1. The lowest BCUT2D eigenvalue weighted by molar-refractivity contribution is -0.384. The molecule has 0 N–H and O–H groups in total. The van der Waals surface area contributed by atoms with Gasteiger partial charge in [0.2, 0.25) is 0 Å². The Bertz CT molecular complexity index is 1670. The van der Waals surface area contributed by atoms with E-state index >= 15 is 0 Å². The number of methoxy groups -OCH3 is 1. The molecule has 5 rings (SSSR count). The topological polar surface area (TPSA) is 116 Å². The minimum absolute atomic E-state index is 0.0516. The Labute approximate surface area is 228 Å². The maximum absolute atomic E-state index is 14.0. The molecule has 0 aliphatic carbocycles. The van der Waals surface area contributed by atoms with Crippen molar-refractivity contribution in [2.75, 3.05) is 31.7 Å². The molecule has 0 spiro atoms. The van der Waals surface area contributed by atoms with Crippen molar-refractivity contribution in [3.8, 4) is 5.75 Å². The summed E-state index contributed by atoms with van der Waals surface area (Å²) in [5.41, 5.74) is 2.35. The summed E-state index contributed by atoms with van der Waals surface area (Å²) < 4.78 is 12.8. The SMILES string of the molecule is CCOC(=O)C1=C(C)N=c2sc(=Cc3cc([N+](=O)[O-])ccc3N3CCCC3)c(=O)n2C1c1ccccc1OC. The molecule has 2 aliphatic rings. The largest absolute Gasteiger partial charge is 0.496 e. The number of aromatic nitrogens is 1. The fourth-order valence-corrected chi connectivity index (χ4v) is 6.17. The highest BCUT2D eigenvalue weighted by Crippen LogP contribution is 2.36. The standard InChI is InChI=1S/C28H28N4O6S/c1-4-38-27(34)24-17(2)29-28-31(25(24)20-9-5-6-10-22(20)37-3)26(33)23(39-28)16-18-15-19(32(35)36)11-12-21(18)30-13-7-8-14-30/h5-6,9-12,15-16,25H,4,7-8,13-14H2,1-3H3. The summed E-state index contributed by atoms with van der Waals surface area (Å²) in [4.78, 5) is 45.5. The van der Waals surface area contributed by atoms with Crippen LogP contribution in [-0.2, 0) is 9.53 Å². The molecule has 0 radical (unpaired) electrons. The molecule has 1 fully saturated rings. The van der Waals surface area contributed by atoms with Gasteiger partial charge < -0.3 is 14.4 Å². The van der Waals surface area contributed by atoms with E-state index in [4.69, 9.17) is 9.47 Å². The number of anilines is 1. The van der Waals surface area contributed by atoms with Gasteiger partial charge in [0.1, 0.15) is 11.8 Å². The Morgan fingerprint density at radius 2 is 1.97 bits per heavy atom. The molecule has 3 heterocycles. The van der Waals surface area contributed by atoms with Crippen LogP contribution >= 0.6 is 11.3 Å². The third-order valence-electron chi connectivity index (χ3n) is 6.91. The van der Waals surface area contributed by atoms with Gasteiger partial charge in [0, 0.05) is 42.0 Å². The number of carbonyl (C=O) groups excluding carboxylic acids is 1. The quantitative estimate of drug-likeness (QED) is 0.253. The second kappa shape index (κ2) is 10.9. The van der Waals surface area contributed by atoms with Crippen molar-refractivity contribution in [2.24, 2.45) is 4.99 Å². The third kappa shape index (κ3) is 4.85. The van der Waals surface area contributed by atoms with E-state index in [9.17, 15) is 19.7 Å². The van der Waals surface area contributed by atoms with Crippen molar-refractivity contribution < 1.29 is 19.2 Å². The smallest absolute Gasteiger partial charge is 0.338 e. The fourth-order valence-electron chi connectivity index (χ4n) is 5.14. The van der Waals surface area contributed by atoms with Gasteiger partial charge >= 0.3 is 5.97 Å². The maximum atomic E-state index is 14.0. The van der Waals surface area contributed by atoms with Gasteiger partial charge in [-0.3, -0.25) is 19.5 Å². The van der Waals surface area contributed by atoms with Crippen molar-refractivity contribution >= 4 is 34.8 Å². The van der Waals surface area contributed by atoms with Crippen LogP contribution in [0.3, 0.4) is 0 Å². The maximum Gasteiger partial charge on any atom is 0.338 e. The number of non-ortho nitro benzene ring substituents is 1. The molecule has 2 aromatic carbocycles. The summed E-state index contributed by atoms with van der Waals surface area (Å²) in [5, 5.41) is 11.6. The van der Waals surface area contributed by atoms with E-state index in [-0.39, 0.29) is 23.4 Å². The van der Waals surface area contributed by atoms with E-state index in [1.807, 2.05) is 18.2 Å². The Hall–Kier alpha value is -4.25. The summed E-state index contributed by atoms with van der Waals surface area (Å²) in [7, 11) is 1.53. The van der Waals surface area contributed by atoms with Crippen molar-refractivity contribution in [1.82, 2.24) is 4.57 Å². The Kier molecular flexibility index (Phi) is 7.34.